The maximum Gasteiger partial charge on any atom is 0.280 e. The Hall–Kier alpha value is -3.22. The molecule has 0 amide bonds. The van der Waals surface area contributed by atoms with E-state index in [1.807, 2.05) is 6.07 Å². The second kappa shape index (κ2) is 6.59. The number of pyridine rings is 1. The van der Waals surface area contributed by atoms with Crippen molar-refractivity contribution in [3.8, 4) is 23.0 Å². The minimum atomic E-state index is -3.47. The number of aromatic amines is 1. The molecule has 2 aromatic heterocycles. The van der Waals surface area contributed by atoms with Gasteiger partial charge in [0.15, 0.2) is 15.8 Å². The lowest BCUT2D eigenvalue weighted by Gasteiger charge is -2.03. The number of aromatic nitrogens is 3. The normalized spacial score (nSPS) is 13.0. The van der Waals surface area contributed by atoms with Gasteiger partial charge in [-0.3, -0.25) is 14.4 Å². The van der Waals surface area contributed by atoms with Gasteiger partial charge in [-0.25, -0.2) is 18.2 Å². The number of H-pyrrole nitrogens is 1. The number of hydrogen-bond donors (Lipinski definition) is 2. The van der Waals surface area contributed by atoms with Gasteiger partial charge in [-0.15, -0.1) is 0 Å². The molecule has 26 heavy (non-hydrogen) atoms. The van der Waals surface area contributed by atoms with E-state index in [9.17, 15) is 13.6 Å². The van der Waals surface area contributed by atoms with Crippen molar-refractivity contribution in [2.75, 3.05) is 7.05 Å². The van der Waals surface area contributed by atoms with Crippen LogP contribution < -0.4 is 5.56 Å². The molecule has 132 valence electrons. The highest BCUT2D eigenvalue weighted by molar-refractivity contribution is 7.88. The molecule has 8 nitrogen and oxygen atoms in total. The average Bonchev–Trinajstić information content (AvgIpc) is 2.96. The fourth-order valence-electron chi connectivity index (χ4n) is 2.53. The molecule has 0 radical (unpaired) electrons. The topological polar surface area (TPSA) is 124 Å². The predicted molar refractivity (Wildman–Crippen MR) is 96.5 cm³/mol. The molecule has 0 bridgehead atoms. The number of nitrogens with zero attached hydrogens (tertiary/aromatic N) is 4. The van der Waals surface area contributed by atoms with Crippen molar-refractivity contribution in [3.63, 3.8) is 0 Å². The van der Waals surface area contributed by atoms with E-state index < -0.39 is 10.0 Å². The van der Waals surface area contributed by atoms with E-state index in [4.69, 9.17) is 5.26 Å². The first-order valence-corrected chi connectivity index (χ1v) is 9.01. The Bertz CT molecular complexity index is 1180. The van der Waals surface area contributed by atoms with Gasteiger partial charge >= 0.3 is 0 Å². The smallest absolute Gasteiger partial charge is 0.280 e. The summed E-state index contributed by atoms with van der Waals surface area (Å²) in [5.74, 6) is 0.285. The summed E-state index contributed by atoms with van der Waals surface area (Å²) in [6, 6.07) is 11.6. The van der Waals surface area contributed by atoms with Crippen molar-refractivity contribution in [3.05, 3.63) is 64.2 Å². The summed E-state index contributed by atoms with van der Waals surface area (Å²) in [6.45, 7) is 1.76. The predicted octanol–water partition coefficient (Wildman–Crippen LogP) is 2.34. The zero-order valence-electron chi connectivity index (χ0n) is 14.0. The summed E-state index contributed by atoms with van der Waals surface area (Å²) in [5.41, 5.74) is 1.99. The van der Waals surface area contributed by atoms with Gasteiger partial charge in [0.2, 0.25) is 0 Å². The Balaban J connectivity index is 2.07. The summed E-state index contributed by atoms with van der Waals surface area (Å²) in [5, 5.41) is 11.8. The van der Waals surface area contributed by atoms with Crippen LogP contribution in [0.25, 0.3) is 16.9 Å². The van der Waals surface area contributed by atoms with Gasteiger partial charge in [0.05, 0.1) is 22.1 Å². The van der Waals surface area contributed by atoms with Crippen molar-refractivity contribution >= 4 is 10.0 Å². The third-order valence-corrected chi connectivity index (χ3v) is 5.23. The van der Waals surface area contributed by atoms with Crippen LogP contribution in [-0.4, -0.2) is 30.6 Å². The van der Waals surface area contributed by atoms with Crippen LogP contribution in [0.4, 0.5) is 0 Å². The van der Waals surface area contributed by atoms with Crippen LogP contribution in [0.3, 0.4) is 0 Å². The largest absolute Gasteiger partial charge is 0.297 e. The molecule has 1 atom stereocenters. The molecule has 0 saturated heterocycles. The van der Waals surface area contributed by atoms with E-state index >= 15 is 0 Å². The Labute approximate surface area is 149 Å². The second-order valence-corrected chi connectivity index (χ2v) is 7.30. The highest BCUT2D eigenvalue weighted by atomic mass is 32.2. The first kappa shape index (κ1) is 17.6. The molecule has 3 rings (SSSR count). The first-order valence-electron chi connectivity index (χ1n) is 7.53. The van der Waals surface area contributed by atoms with E-state index in [0.717, 1.165) is 0 Å². The molecule has 0 saturated carbocycles. The van der Waals surface area contributed by atoms with Crippen LogP contribution in [0, 0.1) is 18.3 Å². The van der Waals surface area contributed by atoms with Crippen LogP contribution in [0.1, 0.15) is 11.3 Å². The van der Waals surface area contributed by atoms with E-state index in [1.54, 1.807) is 31.2 Å². The van der Waals surface area contributed by atoms with Crippen LogP contribution in [0.5, 0.6) is 0 Å². The highest BCUT2D eigenvalue weighted by Crippen LogP contribution is 2.20. The summed E-state index contributed by atoms with van der Waals surface area (Å²) in [6.07, 6.45) is 1.22. The Morgan fingerprint density at radius 1 is 1.27 bits per heavy atom. The molecule has 0 aliphatic carbocycles. The molecular formula is C17H15N5O3S. The fraction of sp³-hybridized carbons (Fsp3) is 0.118. The molecule has 3 aromatic rings. The van der Waals surface area contributed by atoms with Crippen LogP contribution in [0.15, 0.2) is 56.6 Å². The van der Waals surface area contributed by atoms with Crippen LogP contribution in [0.2, 0.25) is 0 Å². The minimum Gasteiger partial charge on any atom is -0.297 e. The lowest BCUT2D eigenvalue weighted by molar-refractivity contribution is 0.550. The summed E-state index contributed by atoms with van der Waals surface area (Å²) >= 11 is 0. The molecule has 2 N–H and O–H groups in total. The van der Waals surface area contributed by atoms with Gasteiger partial charge in [-0.2, -0.15) is 5.26 Å². The van der Waals surface area contributed by atoms with Gasteiger partial charge in [-0.1, -0.05) is 12.1 Å². The third kappa shape index (κ3) is 3.03. The minimum absolute atomic E-state index is 0.0624. The lowest BCUT2D eigenvalue weighted by Crippen LogP contribution is -2.17. The number of nitriles is 1. The lowest BCUT2D eigenvalue weighted by atomic mass is 10.1. The SMILES string of the molecule is CN=S(=O)(O)c1ccc(-n2[nH]c(C)c(-c3ccc(C#N)cc3)c2=O)nc1. The maximum absolute atomic E-state index is 12.8. The van der Waals surface area contributed by atoms with Crippen molar-refractivity contribution in [2.45, 2.75) is 11.8 Å². The Morgan fingerprint density at radius 2 is 1.96 bits per heavy atom. The fourth-order valence-corrected chi connectivity index (χ4v) is 3.17. The van der Waals surface area contributed by atoms with E-state index in [1.165, 1.54) is 30.1 Å². The quantitative estimate of drug-likeness (QED) is 0.733. The maximum atomic E-state index is 12.8. The molecule has 0 spiro atoms. The standard InChI is InChI=1S/C17H15N5O3S/c1-11-16(13-5-3-12(9-18)4-6-13)17(23)22(21-11)15-8-7-14(10-20-15)26(24,25)19-2/h3-8,10,21H,1-2H3,(H,19,24,25). The molecule has 0 aliphatic rings. The summed E-state index contributed by atoms with van der Waals surface area (Å²) in [4.78, 5) is 16.9. The van der Waals surface area contributed by atoms with Gasteiger partial charge in [0, 0.05) is 18.9 Å². The van der Waals surface area contributed by atoms with E-state index in [0.29, 0.717) is 22.4 Å². The second-order valence-electron chi connectivity index (χ2n) is 5.47. The summed E-state index contributed by atoms with van der Waals surface area (Å²) < 4.78 is 26.2. The van der Waals surface area contributed by atoms with Crippen LogP contribution >= 0.6 is 0 Å². The van der Waals surface area contributed by atoms with Crippen molar-refractivity contribution in [2.24, 2.45) is 4.36 Å². The van der Waals surface area contributed by atoms with E-state index in [-0.39, 0.29) is 16.3 Å². The number of hydrogen-bond acceptors (Lipinski definition) is 5. The first-order chi connectivity index (χ1) is 12.4. The average molecular weight is 369 g/mol. The Kier molecular flexibility index (Phi) is 4.46. The number of rotatable bonds is 3. The molecule has 9 heteroatoms. The monoisotopic (exact) mass is 369 g/mol. The molecule has 1 aromatic carbocycles. The molecule has 0 fully saturated rings. The van der Waals surface area contributed by atoms with Crippen molar-refractivity contribution < 1.29 is 8.76 Å². The molecule has 1 unspecified atom stereocenters. The number of benzene rings is 1. The van der Waals surface area contributed by atoms with Gasteiger partial charge in [-0.05, 0) is 36.8 Å². The molecular weight excluding hydrogens is 354 g/mol. The molecule has 2 heterocycles. The number of nitrogens with one attached hydrogen (secondary N) is 1. The summed E-state index contributed by atoms with van der Waals surface area (Å²) in [7, 11) is -2.22. The van der Waals surface area contributed by atoms with Gasteiger partial charge < -0.3 is 0 Å². The zero-order chi connectivity index (χ0) is 18.9. The third-order valence-electron chi connectivity index (χ3n) is 3.88. The van der Waals surface area contributed by atoms with Gasteiger partial charge in [0.1, 0.15) is 0 Å². The van der Waals surface area contributed by atoms with E-state index in [2.05, 4.69) is 14.4 Å². The zero-order valence-corrected chi connectivity index (χ0v) is 14.8. The van der Waals surface area contributed by atoms with Crippen LogP contribution in [-0.2, 0) is 10.0 Å². The Morgan fingerprint density at radius 3 is 2.50 bits per heavy atom. The van der Waals surface area contributed by atoms with Gasteiger partial charge in [0.25, 0.3) is 5.56 Å². The number of aryl methyl sites for hydroxylation is 1. The van der Waals surface area contributed by atoms with Crippen molar-refractivity contribution in [1.82, 2.24) is 14.8 Å². The highest BCUT2D eigenvalue weighted by Gasteiger charge is 2.16. The molecule has 0 aliphatic heterocycles. The van der Waals surface area contributed by atoms with Crippen molar-refractivity contribution in [1.29, 1.82) is 5.26 Å².